The minimum absolute atomic E-state index is 0.0434. The van der Waals surface area contributed by atoms with Crippen LogP contribution in [0.25, 0.3) is 0 Å². The van der Waals surface area contributed by atoms with E-state index in [1.54, 1.807) is 6.07 Å². The summed E-state index contributed by atoms with van der Waals surface area (Å²) in [5, 5.41) is 6.43. The fraction of sp³-hybridized carbons (Fsp3) is 0.350. The molecule has 0 saturated carbocycles. The van der Waals surface area contributed by atoms with Crippen LogP contribution >= 0.6 is 0 Å². The molecule has 3 rings (SSSR count). The second-order valence-corrected chi connectivity index (χ2v) is 6.14. The van der Waals surface area contributed by atoms with Crippen LogP contribution in [0.2, 0.25) is 0 Å². The first-order valence-corrected chi connectivity index (χ1v) is 8.59. The molecule has 1 saturated heterocycles. The van der Waals surface area contributed by atoms with E-state index in [-0.39, 0.29) is 5.91 Å². The molecule has 24 heavy (non-hydrogen) atoms. The molecule has 0 unspecified atom stereocenters. The SMILES string of the molecule is O=C(NCC[C@H]1CCCN1)c1cccc(OCc2ccccc2)c1. The Hall–Kier alpha value is -2.33. The molecule has 1 fully saturated rings. The molecule has 0 bridgehead atoms. The Bertz CT molecular complexity index is 652. The van der Waals surface area contributed by atoms with E-state index < -0.39 is 0 Å². The molecule has 4 heteroatoms. The van der Waals surface area contributed by atoms with Crippen molar-refractivity contribution in [3.8, 4) is 5.75 Å². The number of amides is 1. The third kappa shape index (κ3) is 4.83. The molecular weight excluding hydrogens is 300 g/mol. The van der Waals surface area contributed by atoms with Crippen LogP contribution in [0.1, 0.15) is 35.2 Å². The number of carbonyl (C=O) groups excluding carboxylic acids is 1. The minimum Gasteiger partial charge on any atom is -0.489 e. The van der Waals surface area contributed by atoms with Crippen molar-refractivity contribution in [2.75, 3.05) is 13.1 Å². The third-order valence-corrected chi connectivity index (χ3v) is 4.29. The highest BCUT2D eigenvalue weighted by Crippen LogP contribution is 2.15. The fourth-order valence-electron chi connectivity index (χ4n) is 2.93. The molecule has 1 aliphatic rings. The normalized spacial score (nSPS) is 16.8. The van der Waals surface area contributed by atoms with Crippen LogP contribution in [-0.4, -0.2) is 25.0 Å². The second kappa shape index (κ2) is 8.50. The average Bonchev–Trinajstić information content (AvgIpc) is 3.14. The number of rotatable bonds is 7. The first-order valence-electron chi connectivity index (χ1n) is 8.59. The Morgan fingerprint density at radius 3 is 2.83 bits per heavy atom. The van der Waals surface area contributed by atoms with Gasteiger partial charge in [-0.3, -0.25) is 4.79 Å². The van der Waals surface area contributed by atoms with E-state index in [2.05, 4.69) is 10.6 Å². The molecule has 0 aliphatic carbocycles. The number of hydrogen-bond acceptors (Lipinski definition) is 3. The number of benzene rings is 2. The van der Waals surface area contributed by atoms with Gasteiger partial charge in [0, 0.05) is 18.2 Å². The summed E-state index contributed by atoms with van der Waals surface area (Å²) in [7, 11) is 0. The maximum absolute atomic E-state index is 12.3. The van der Waals surface area contributed by atoms with Gasteiger partial charge in [0.05, 0.1) is 0 Å². The van der Waals surface area contributed by atoms with E-state index in [0.717, 1.165) is 18.5 Å². The molecule has 2 aromatic carbocycles. The monoisotopic (exact) mass is 324 g/mol. The second-order valence-electron chi connectivity index (χ2n) is 6.14. The zero-order valence-electron chi connectivity index (χ0n) is 13.8. The van der Waals surface area contributed by atoms with Gasteiger partial charge >= 0.3 is 0 Å². The number of hydrogen-bond donors (Lipinski definition) is 2. The Labute approximate surface area is 143 Å². The molecule has 0 aromatic heterocycles. The van der Waals surface area contributed by atoms with Gasteiger partial charge in [0.15, 0.2) is 0 Å². The Balaban J connectivity index is 1.49. The fourth-order valence-corrected chi connectivity index (χ4v) is 2.93. The first kappa shape index (κ1) is 16.5. The van der Waals surface area contributed by atoms with E-state index >= 15 is 0 Å². The molecule has 2 aromatic rings. The highest BCUT2D eigenvalue weighted by atomic mass is 16.5. The van der Waals surface area contributed by atoms with Crippen molar-refractivity contribution in [2.45, 2.75) is 31.9 Å². The van der Waals surface area contributed by atoms with Crippen LogP contribution in [0.15, 0.2) is 54.6 Å². The quantitative estimate of drug-likeness (QED) is 0.823. The summed E-state index contributed by atoms with van der Waals surface area (Å²) in [6.07, 6.45) is 3.42. The van der Waals surface area contributed by atoms with Crippen LogP contribution in [0, 0.1) is 0 Å². The molecule has 1 aliphatic heterocycles. The largest absolute Gasteiger partial charge is 0.489 e. The summed E-state index contributed by atoms with van der Waals surface area (Å²) in [5.74, 6) is 0.669. The predicted octanol–water partition coefficient (Wildman–Crippen LogP) is 3.14. The van der Waals surface area contributed by atoms with Gasteiger partial charge in [0.1, 0.15) is 12.4 Å². The maximum Gasteiger partial charge on any atom is 0.251 e. The van der Waals surface area contributed by atoms with Crippen molar-refractivity contribution in [3.05, 3.63) is 65.7 Å². The van der Waals surface area contributed by atoms with Crippen LogP contribution in [0.4, 0.5) is 0 Å². The Morgan fingerprint density at radius 1 is 1.17 bits per heavy atom. The van der Waals surface area contributed by atoms with Gasteiger partial charge in [-0.1, -0.05) is 36.4 Å². The maximum atomic E-state index is 12.3. The lowest BCUT2D eigenvalue weighted by Gasteiger charge is -2.11. The van der Waals surface area contributed by atoms with Gasteiger partial charge in [0.2, 0.25) is 0 Å². The van der Waals surface area contributed by atoms with E-state index in [1.165, 1.54) is 12.8 Å². The van der Waals surface area contributed by atoms with Gasteiger partial charge < -0.3 is 15.4 Å². The topological polar surface area (TPSA) is 50.4 Å². The van der Waals surface area contributed by atoms with E-state index in [9.17, 15) is 4.79 Å². The summed E-state index contributed by atoms with van der Waals surface area (Å²) >= 11 is 0. The highest BCUT2D eigenvalue weighted by Gasteiger charge is 2.14. The van der Waals surface area contributed by atoms with Crippen molar-refractivity contribution >= 4 is 5.91 Å². The average molecular weight is 324 g/mol. The summed E-state index contributed by atoms with van der Waals surface area (Å²) in [6.45, 7) is 2.30. The van der Waals surface area contributed by atoms with E-state index in [4.69, 9.17) is 4.74 Å². The molecule has 4 nitrogen and oxygen atoms in total. The summed E-state index contributed by atoms with van der Waals surface area (Å²) < 4.78 is 5.78. The number of ether oxygens (including phenoxy) is 1. The van der Waals surface area contributed by atoms with Crippen molar-refractivity contribution in [1.82, 2.24) is 10.6 Å². The van der Waals surface area contributed by atoms with Crippen molar-refractivity contribution in [3.63, 3.8) is 0 Å². The molecule has 1 atom stereocenters. The van der Waals surface area contributed by atoms with Gasteiger partial charge in [-0.2, -0.15) is 0 Å². The van der Waals surface area contributed by atoms with E-state index in [0.29, 0.717) is 30.5 Å². The summed E-state index contributed by atoms with van der Waals surface area (Å²) in [6, 6.07) is 17.9. The molecular formula is C20H24N2O2. The smallest absolute Gasteiger partial charge is 0.251 e. The van der Waals surface area contributed by atoms with Crippen molar-refractivity contribution in [2.24, 2.45) is 0 Å². The predicted molar refractivity (Wildman–Crippen MR) is 95.2 cm³/mol. The molecule has 2 N–H and O–H groups in total. The summed E-state index contributed by atoms with van der Waals surface area (Å²) in [5.41, 5.74) is 1.75. The lowest BCUT2D eigenvalue weighted by molar-refractivity contribution is 0.0952. The van der Waals surface area contributed by atoms with Crippen molar-refractivity contribution < 1.29 is 9.53 Å². The van der Waals surface area contributed by atoms with Crippen LogP contribution < -0.4 is 15.4 Å². The van der Waals surface area contributed by atoms with Gasteiger partial charge in [0.25, 0.3) is 5.91 Å². The zero-order chi connectivity index (χ0) is 16.6. The van der Waals surface area contributed by atoms with Gasteiger partial charge in [-0.25, -0.2) is 0 Å². The first-order chi connectivity index (χ1) is 11.8. The van der Waals surface area contributed by atoms with Crippen LogP contribution in [0.5, 0.6) is 5.75 Å². The standard InChI is InChI=1S/C20H24N2O2/c23-20(22-13-11-18-9-5-12-21-18)17-8-4-10-19(14-17)24-15-16-6-2-1-3-7-16/h1-4,6-8,10,14,18,21H,5,9,11-13,15H2,(H,22,23)/t18-/m1/s1. The van der Waals surface area contributed by atoms with Crippen LogP contribution in [0.3, 0.4) is 0 Å². The number of carbonyl (C=O) groups is 1. The Morgan fingerprint density at radius 2 is 2.04 bits per heavy atom. The van der Waals surface area contributed by atoms with Crippen LogP contribution in [-0.2, 0) is 6.61 Å². The molecule has 1 heterocycles. The van der Waals surface area contributed by atoms with E-state index in [1.807, 2.05) is 48.5 Å². The summed E-state index contributed by atoms with van der Waals surface area (Å²) in [4.78, 5) is 12.3. The zero-order valence-corrected chi connectivity index (χ0v) is 13.8. The lowest BCUT2D eigenvalue weighted by atomic mass is 10.1. The highest BCUT2D eigenvalue weighted by molar-refractivity contribution is 5.94. The van der Waals surface area contributed by atoms with Gasteiger partial charge in [-0.15, -0.1) is 0 Å². The lowest BCUT2D eigenvalue weighted by Crippen LogP contribution is -2.30. The molecule has 1 amide bonds. The molecule has 0 spiro atoms. The number of nitrogens with one attached hydrogen (secondary N) is 2. The Kier molecular flexibility index (Phi) is 5.85. The minimum atomic E-state index is -0.0434. The van der Waals surface area contributed by atoms with Gasteiger partial charge in [-0.05, 0) is 49.6 Å². The molecule has 126 valence electrons. The third-order valence-electron chi connectivity index (χ3n) is 4.29. The van der Waals surface area contributed by atoms with Crippen molar-refractivity contribution in [1.29, 1.82) is 0 Å². The molecule has 0 radical (unpaired) electrons.